The second kappa shape index (κ2) is 10.9. The fraction of sp³-hybridized carbons (Fsp3) is 0.261. The molecule has 0 bridgehead atoms. The highest BCUT2D eigenvalue weighted by atomic mass is 16.5. The summed E-state index contributed by atoms with van der Waals surface area (Å²) >= 11 is 0. The summed E-state index contributed by atoms with van der Waals surface area (Å²) in [4.78, 5) is 63.9. The van der Waals surface area contributed by atoms with E-state index in [1.807, 2.05) is 0 Å². The minimum Gasteiger partial charge on any atom is -0.469 e. The van der Waals surface area contributed by atoms with E-state index in [1.54, 1.807) is 42.5 Å². The molecule has 1 atom stereocenters. The van der Waals surface area contributed by atoms with Crippen LogP contribution in [0.15, 0.2) is 52.1 Å². The van der Waals surface area contributed by atoms with Crippen LogP contribution in [-0.2, 0) is 25.6 Å². The molecule has 0 saturated heterocycles. The van der Waals surface area contributed by atoms with Crippen LogP contribution >= 0.6 is 0 Å². The Hall–Kier alpha value is -4.41. The first kappa shape index (κ1) is 24.2. The summed E-state index contributed by atoms with van der Waals surface area (Å²) in [6, 6.07) is 10.7. The molecule has 1 amide bonds. The van der Waals surface area contributed by atoms with Crippen molar-refractivity contribution in [1.29, 1.82) is 0 Å². The van der Waals surface area contributed by atoms with E-state index in [2.05, 4.69) is 25.3 Å². The van der Waals surface area contributed by atoms with Crippen molar-refractivity contribution in [2.24, 2.45) is 0 Å². The molecule has 0 aliphatic rings. The molecule has 11 nitrogen and oxygen atoms in total. The van der Waals surface area contributed by atoms with Gasteiger partial charge in [0, 0.05) is 24.2 Å². The predicted molar refractivity (Wildman–Crippen MR) is 123 cm³/mol. The van der Waals surface area contributed by atoms with Gasteiger partial charge in [0.05, 0.1) is 25.1 Å². The molecule has 0 radical (unpaired) electrons. The number of hydrogen-bond acceptors (Lipinski definition) is 8. The van der Waals surface area contributed by atoms with Crippen LogP contribution in [0.3, 0.4) is 0 Å². The number of methoxy groups -OCH3 is 2. The van der Waals surface area contributed by atoms with E-state index in [-0.39, 0.29) is 12.8 Å². The number of fused-ring (bicyclic) bond motifs is 1. The molecular formula is C23H24N4O7. The zero-order valence-corrected chi connectivity index (χ0v) is 18.6. The molecule has 0 unspecified atom stereocenters. The fourth-order valence-electron chi connectivity index (χ4n) is 3.25. The zero-order chi connectivity index (χ0) is 24.7. The fourth-order valence-corrected chi connectivity index (χ4v) is 3.25. The Morgan fingerprint density at radius 1 is 0.971 bits per heavy atom. The third kappa shape index (κ3) is 6.09. The molecule has 0 fully saturated rings. The second-order valence-electron chi connectivity index (χ2n) is 7.38. The Morgan fingerprint density at radius 3 is 2.38 bits per heavy atom. The SMILES string of the molecule is COC(=O)CC[C@@H](NC(=O)c1ccc(CNc2ccc3[nH]c(=O)[nH]c(=O)c3c2)cc1)C(=O)OC. The number of esters is 2. The number of ether oxygens (including phenoxy) is 2. The van der Waals surface area contributed by atoms with Gasteiger partial charge in [0.1, 0.15) is 6.04 Å². The number of amides is 1. The maximum absolute atomic E-state index is 12.6. The molecular weight excluding hydrogens is 444 g/mol. The van der Waals surface area contributed by atoms with E-state index in [1.165, 1.54) is 14.2 Å². The van der Waals surface area contributed by atoms with Crippen molar-refractivity contribution in [3.63, 3.8) is 0 Å². The van der Waals surface area contributed by atoms with Crippen LogP contribution in [0.1, 0.15) is 28.8 Å². The highest BCUT2D eigenvalue weighted by molar-refractivity contribution is 5.96. The van der Waals surface area contributed by atoms with Gasteiger partial charge in [-0.1, -0.05) is 12.1 Å². The van der Waals surface area contributed by atoms with Crippen LogP contribution < -0.4 is 21.9 Å². The molecule has 4 N–H and O–H groups in total. The molecule has 0 spiro atoms. The predicted octanol–water partition coefficient (Wildman–Crippen LogP) is 1.05. The van der Waals surface area contributed by atoms with Gasteiger partial charge < -0.3 is 25.1 Å². The number of benzene rings is 2. The summed E-state index contributed by atoms with van der Waals surface area (Å²) in [5.74, 6) is -1.64. The molecule has 34 heavy (non-hydrogen) atoms. The van der Waals surface area contributed by atoms with Gasteiger partial charge in [-0.25, -0.2) is 9.59 Å². The molecule has 3 rings (SSSR count). The maximum Gasteiger partial charge on any atom is 0.328 e. The van der Waals surface area contributed by atoms with Crippen LogP contribution in [-0.4, -0.2) is 48.1 Å². The Balaban J connectivity index is 1.62. The lowest BCUT2D eigenvalue weighted by molar-refractivity contribution is -0.144. The summed E-state index contributed by atoms with van der Waals surface area (Å²) in [7, 11) is 2.44. The number of hydrogen-bond donors (Lipinski definition) is 4. The van der Waals surface area contributed by atoms with Crippen LogP contribution in [0.25, 0.3) is 10.9 Å². The Labute approximate surface area is 193 Å². The molecule has 1 heterocycles. The number of nitrogens with one attached hydrogen (secondary N) is 4. The number of carbonyl (C=O) groups is 3. The van der Waals surface area contributed by atoms with Gasteiger partial charge in [0.15, 0.2) is 0 Å². The van der Waals surface area contributed by atoms with Crippen molar-refractivity contribution in [3.05, 3.63) is 74.4 Å². The first-order valence-corrected chi connectivity index (χ1v) is 10.4. The van der Waals surface area contributed by atoms with Gasteiger partial charge in [0.25, 0.3) is 11.5 Å². The molecule has 178 valence electrons. The average Bonchev–Trinajstić information content (AvgIpc) is 2.84. The lowest BCUT2D eigenvalue weighted by Gasteiger charge is -2.16. The molecule has 1 aromatic heterocycles. The van der Waals surface area contributed by atoms with Gasteiger partial charge in [-0.2, -0.15) is 0 Å². The lowest BCUT2D eigenvalue weighted by Crippen LogP contribution is -2.41. The van der Waals surface area contributed by atoms with E-state index >= 15 is 0 Å². The summed E-state index contributed by atoms with van der Waals surface area (Å²) in [5, 5.41) is 6.10. The summed E-state index contributed by atoms with van der Waals surface area (Å²) in [5.41, 5.74) is 1.27. The molecule has 0 saturated carbocycles. The van der Waals surface area contributed by atoms with Crippen LogP contribution in [0.5, 0.6) is 0 Å². The number of H-pyrrole nitrogens is 2. The standard InChI is InChI=1S/C23H24N4O7/c1-33-19(28)10-9-18(22(31)34-2)25-20(29)14-5-3-13(4-6-14)12-24-15-7-8-17-16(11-15)21(30)27-23(32)26-17/h3-8,11,18,24H,9-10,12H2,1-2H3,(H,25,29)(H2,26,27,30,32)/t18-/m1/s1. The largest absolute Gasteiger partial charge is 0.469 e. The number of anilines is 1. The summed E-state index contributed by atoms with van der Waals surface area (Å²) in [6.45, 7) is 0.415. The van der Waals surface area contributed by atoms with Crippen LogP contribution in [0, 0.1) is 0 Å². The average molecular weight is 468 g/mol. The number of rotatable bonds is 9. The lowest BCUT2D eigenvalue weighted by atomic mass is 10.1. The number of aromatic amines is 2. The van der Waals surface area contributed by atoms with Gasteiger partial charge in [-0.05, 0) is 42.3 Å². The van der Waals surface area contributed by atoms with E-state index < -0.39 is 35.1 Å². The van der Waals surface area contributed by atoms with Crippen molar-refractivity contribution < 1.29 is 23.9 Å². The van der Waals surface area contributed by atoms with E-state index in [4.69, 9.17) is 4.74 Å². The van der Waals surface area contributed by atoms with E-state index in [0.717, 1.165) is 5.56 Å². The Bertz CT molecular complexity index is 1310. The van der Waals surface area contributed by atoms with Crippen molar-refractivity contribution in [1.82, 2.24) is 15.3 Å². The third-order valence-corrected chi connectivity index (χ3v) is 5.11. The smallest absolute Gasteiger partial charge is 0.328 e. The molecule has 0 aliphatic heterocycles. The van der Waals surface area contributed by atoms with Gasteiger partial charge in [-0.3, -0.25) is 19.4 Å². The molecule has 11 heteroatoms. The van der Waals surface area contributed by atoms with Crippen LogP contribution in [0.2, 0.25) is 0 Å². The van der Waals surface area contributed by atoms with Crippen molar-refractivity contribution >= 4 is 34.4 Å². The van der Waals surface area contributed by atoms with Gasteiger partial charge in [-0.15, -0.1) is 0 Å². The number of carbonyl (C=O) groups excluding carboxylic acids is 3. The third-order valence-electron chi connectivity index (χ3n) is 5.11. The molecule has 2 aromatic carbocycles. The Kier molecular flexibility index (Phi) is 7.80. The quantitative estimate of drug-likeness (QED) is 0.339. The number of aromatic nitrogens is 2. The maximum atomic E-state index is 12.6. The van der Waals surface area contributed by atoms with E-state index in [0.29, 0.717) is 28.7 Å². The van der Waals surface area contributed by atoms with Gasteiger partial charge in [0.2, 0.25) is 0 Å². The minimum absolute atomic E-state index is 0.0438. The van der Waals surface area contributed by atoms with Gasteiger partial charge >= 0.3 is 17.6 Å². The first-order valence-electron chi connectivity index (χ1n) is 10.4. The Morgan fingerprint density at radius 2 is 1.71 bits per heavy atom. The van der Waals surface area contributed by atoms with Crippen molar-refractivity contribution in [3.8, 4) is 0 Å². The highest BCUT2D eigenvalue weighted by Gasteiger charge is 2.23. The van der Waals surface area contributed by atoms with Crippen molar-refractivity contribution in [2.45, 2.75) is 25.4 Å². The van der Waals surface area contributed by atoms with E-state index in [9.17, 15) is 24.0 Å². The van der Waals surface area contributed by atoms with Crippen LogP contribution in [0.4, 0.5) is 5.69 Å². The topological polar surface area (TPSA) is 159 Å². The second-order valence-corrected chi connectivity index (χ2v) is 7.38. The minimum atomic E-state index is -0.982. The monoisotopic (exact) mass is 468 g/mol. The zero-order valence-electron chi connectivity index (χ0n) is 18.6. The highest BCUT2D eigenvalue weighted by Crippen LogP contribution is 2.15. The first-order chi connectivity index (χ1) is 16.3. The summed E-state index contributed by atoms with van der Waals surface area (Å²) < 4.78 is 9.26. The molecule has 3 aromatic rings. The normalized spacial score (nSPS) is 11.5. The summed E-state index contributed by atoms with van der Waals surface area (Å²) in [6.07, 6.45) is 0.00739. The molecule has 0 aliphatic carbocycles. The van der Waals surface area contributed by atoms with Crippen molar-refractivity contribution in [2.75, 3.05) is 19.5 Å².